The number of hydrogen-bond acceptors (Lipinski definition) is 3. The van der Waals surface area contributed by atoms with Crippen molar-refractivity contribution in [2.45, 2.75) is 48.5 Å². The second-order valence-corrected chi connectivity index (χ2v) is 3.56. The van der Waals surface area contributed by atoms with Crippen LogP contribution in [0.15, 0.2) is 11.6 Å². The van der Waals surface area contributed by atoms with E-state index in [4.69, 9.17) is 0 Å². The molecule has 0 fully saturated rings. The summed E-state index contributed by atoms with van der Waals surface area (Å²) in [4.78, 5) is 15.4. The summed E-state index contributed by atoms with van der Waals surface area (Å²) in [5, 5.41) is 3.65. The Labute approximate surface area is 115 Å². The SMILES string of the molecule is CC.CC.CC.CC1C=Cc2ncsc2NC1=O. The minimum atomic E-state index is -0.0635. The molecule has 104 valence electrons. The highest BCUT2D eigenvalue weighted by molar-refractivity contribution is 7.14. The highest BCUT2D eigenvalue weighted by Gasteiger charge is 2.16. The minimum absolute atomic E-state index is 0.0363. The van der Waals surface area contributed by atoms with Crippen molar-refractivity contribution >= 4 is 28.3 Å². The lowest BCUT2D eigenvalue weighted by atomic mass is 10.1. The normalized spacial score (nSPS) is 15.3. The predicted molar refractivity (Wildman–Crippen MR) is 83.0 cm³/mol. The van der Waals surface area contributed by atoms with E-state index in [1.54, 1.807) is 5.51 Å². The van der Waals surface area contributed by atoms with Crippen LogP contribution in [0.1, 0.15) is 54.2 Å². The maximum absolute atomic E-state index is 11.3. The van der Waals surface area contributed by atoms with Gasteiger partial charge in [-0.1, -0.05) is 54.5 Å². The van der Waals surface area contributed by atoms with E-state index in [0.717, 1.165) is 10.7 Å². The average Bonchev–Trinajstić information content (AvgIpc) is 2.85. The molecule has 0 radical (unpaired) electrons. The van der Waals surface area contributed by atoms with Crippen LogP contribution in [0.4, 0.5) is 5.00 Å². The lowest BCUT2D eigenvalue weighted by Crippen LogP contribution is -2.16. The molecule has 3 nitrogen and oxygen atoms in total. The molecule has 2 heterocycles. The van der Waals surface area contributed by atoms with Crippen molar-refractivity contribution in [1.82, 2.24) is 4.98 Å². The summed E-state index contributed by atoms with van der Waals surface area (Å²) in [5.41, 5.74) is 2.59. The number of carbonyl (C=O) groups is 1. The molecule has 2 rings (SSSR count). The van der Waals surface area contributed by atoms with Crippen molar-refractivity contribution in [2.24, 2.45) is 5.92 Å². The van der Waals surface area contributed by atoms with Gasteiger partial charge in [-0.3, -0.25) is 4.79 Å². The second-order valence-electron chi connectivity index (χ2n) is 2.70. The van der Waals surface area contributed by atoms with Crippen LogP contribution in [-0.2, 0) is 4.79 Å². The van der Waals surface area contributed by atoms with Gasteiger partial charge in [0, 0.05) is 0 Å². The number of aromatic nitrogens is 1. The predicted octanol–water partition coefficient (Wildman–Crippen LogP) is 4.82. The molecule has 1 aromatic rings. The van der Waals surface area contributed by atoms with Crippen LogP contribution in [0.25, 0.3) is 6.08 Å². The Bertz CT molecular complexity index is 345. The lowest BCUT2D eigenvalue weighted by molar-refractivity contribution is -0.118. The standard InChI is InChI=1S/C8H8N2OS.3C2H6/c1-5-2-3-6-8(10-7(5)11)12-4-9-6;3*1-2/h2-5H,1H3,(H,10,11);3*1-2H3. The molecule has 1 aliphatic heterocycles. The maximum atomic E-state index is 11.3. The number of fused-ring (bicyclic) bond motifs is 1. The summed E-state index contributed by atoms with van der Waals surface area (Å²) in [6.45, 7) is 13.9. The molecular formula is C14H26N2OS. The van der Waals surface area contributed by atoms with Crippen LogP contribution >= 0.6 is 11.3 Å². The van der Waals surface area contributed by atoms with Gasteiger partial charge < -0.3 is 5.32 Å². The van der Waals surface area contributed by atoms with Crippen LogP contribution < -0.4 is 5.32 Å². The Hall–Kier alpha value is -1.16. The quantitative estimate of drug-likeness (QED) is 0.734. The monoisotopic (exact) mass is 270 g/mol. The third-order valence-electron chi connectivity index (χ3n) is 1.79. The number of amides is 1. The van der Waals surface area contributed by atoms with Gasteiger partial charge in [-0.15, -0.1) is 11.3 Å². The number of carbonyl (C=O) groups excluding carboxylic acids is 1. The molecule has 1 unspecified atom stereocenters. The summed E-state index contributed by atoms with van der Waals surface area (Å²) >= 11 is 1.45. The largest absolute Gasteiger partial charge is 0.315 e. The summed E-state index contributed by atoms with van der Waals surface area (Å²) < 4.78 is 0. The Morgan fingerprint density at radius 1 is 1.17 bits per heavy atom. The lowest BCUT2D eigenvalue weighted by Gasteiger charge is -2.02. The molecule has 1 aliphatic rings. The van der Waals surface area contributed by atoms with E-state index < -0.39 is 0 Å². The van der Waals surface area contributed by atoms with Gasteiger partial charge in [0.15, 0.2) is 0 Å². The van der Waals surface area contributed by atoms with E-state index in [1.165, 1.54) is 11.3 Å². The van der Waals surface area contributed by atoms with Crippen LogP contribution in [0, 0.1) is 5.92 Å². The highest BCUT2D eigenvalue weighted by Crippen LogP contribution is 2.25. The molecule has 18 heavy (non-hydrogen) atoms. The molecule has 0 bridgehead atoms. The number of nitrogens with one attached hydrogen (secondary N) is 1. The topological polar surface area (TPSA) is 42.0 Å². The number of thiazole rings is 1. The zero-order valence-electron chi connectivity index (χ0n) is 12.6. The van der Waals surface area contributed by atoms with Crippen LogP contribution in [0.5, 0.6) is 0 Å². The first-order valence-corrected chi connectivity index (χ1v) is 7.58. The molecule has 0 aliphatic carbocycles. The number of rotatable bonds is 0. The zero-order valence-corrected chi connectivity index (χ0v) is 13.4. The third-order valence-corrected chi connectivity index (χ3v) is 2.55. The first-order valence-electron chi connectivity index (χ1n) is 6.70. The van der Waals surface area contributed by atoms with E-state index in [-0.39, 0.29) is 11.8 Å². The van der Waals surface area contributed by atoms with Gasteiger partial charge in [-0.2, -0.15) is 0 Å². The third kappa shape index (κ3) is 5.96. The van der Waals surface area contributed by atoms with Gasteiger partial charge in [0.2, 0.25) is 5.91 Å². The first-order chi connectivity index (χ1) is 8.77. The molecule has 0 saturated heterocycles. The molecule has 1 amide bonds. The van der Waals surface area contributed by atoms with E-state index in [9.17, 15) is 4.79 Å². The number of hydrogen-bond donors (Lipinski definition) is 1. The fraction of sp³-hybridized carbons (Fsp3) is 0.571. The maximum Gasteiger partial charge on any atom is 0.231 e. The molecule has 1 N–H and O–H groups in total. The second kappa shape index (κ2) is 12.3. The van der Waals surface area contributed by atoms with Gasteiger partial charge in [0.05, 0.1) is 17.1 Å². The molecule has 0 aromatic carbocycles. The summed E-state index contributed by atoms with van der Waals surface area (Å²) in [7, 11) is 0. The van der Waals surface area contributed by atoms with Gasteiger partial charge >= 0.3 is 0 Å². The van der Waals surface area contributed by atoms with E-state index in [1.807, 2.05) is 60.6 Å². The van der Waals surface area contributed by atoms with Crippen molar-refractivity contribution in [1.29, 1.82) is 0 Å². The average molecular weight is 270 g/mol. The Balaban J connectivity index is 0. The van der Waals surface area contributed by atoms with Crippen molar-refractivity contribution in [3.05, 3.63) is 17.3 Å². The van der Waals surface area contributed by atoms with Crippen molar-refractivity contribution in [3.63, 3.8) is 0 Å². The van der Waals surface area contributed by atoms with Crippen molar-refractivity contribution < 1.29 is 4.79 Å². The Morgan fingerprint density at radius 3 is 2.28 bits per heavy atom. The number of nitrogens with zero attached hydrogens (tertiary/aromatic N) is 1. The molecule has 0 spiro atoms. The van der Waals surface area contributed by atoms with Crippen LogP contribution in [0.3, 0.4) is 0 Å². The fourth-order valence-corrected chi connectivity index (χ4v) is 1.69. The van der Waals surface area contributed by atoms with Gasteiger partial charge in [-0.25, -0.2) is 4.98 Å². The first kappa shape index (κ1) is 19.2. The van der Waals surface area contributed by atoms with E-state index in [2.05, 4.69) is 10.3 Å². The fourth-order valence-electron chi connectivity index (χ4n) is 1.02. The zero-order chi connectivity index (χ0) is 14.6. The molecule has 4 heteroatoms. The minimum Gasteiger partial charge on any atom is -0.315 e. The Morgan fingerprint density at radius 2 is 1.72 bits per heavy atom. The van der Waals surface area contributed by atoms with E-state index >= 15 is 0 Å². The van der Waals surface area contributed by atoms with Crippen molar-refractivity contribution in [2.75, 3.05) is 5.32 Å². The summed E-state index contributed by atoms with van der Waals surface area (Å²) in [5.74, 6) is -0.0272. The molecule has 1 atom stereocenters. The molecular weight excluding hydrogens is 244 g/mol. The van der Waals surface area contributed by atoms with Crippen LogP contribution in [-0.4, -0.2) is 10.9 Å². The Kier molecular flexibility index (Phi) is 13.1. The van der Waals surface area contributed by atoms with Gasteiger partial charge in [-0.05, 0) is 6.08 Å². The van der Waals surface area contributed by atoms with Crippen LogP contribution in [0.2, 0.25) is 0 Å². The highest BCUT2D eigenvalue weighted by atomic mass is 32.1. The molecule has 1 aromatic heterocycles. The smallest absolute Gasteiger partial charge is 0.231 e. The summed E-state index contributed by atoms with van der Waals surface area (Å²) in [6.07, 6.45) is 3.75. The number of anilines is 1. The molecule has 0 saturated carbocycles. The van der Waals surface area contributed by atoms with E-state index in [0.29, 0.717) is 0 Å². The summed E-state index contributed by atoms with van der Waals surface area (Å²) in [6, 6.07) is 0. The van der Waals surface area contributed by atoms with Crippen molar-refractivity contribution in [3.8, 4) is 0 Å². The van der Waals surface area contributed by atoms with Gasteiger partial charge in [0.25, 0.3) is 0 Å². The van der Waals surface area contributed by atoms with Gasteiger partial charge in [0.1, 0.15) is 5.00 Å².